The fraction of sp³-hybridized carbons (Fsp3) is 0.143. The summed E-state index contributed by atoms with van der Waals surface area (Å²) < 4.78 is 6.36. The van der Waals surface area contributed by atoms with E-state index >= 15 is 0 Å². The minimum absolute atomic E-state index is 0.0510. The van der Waals surface area contributed by atoms with E-state index in [0.29, 0.717) is 29.4 Å². The number of nitrogens with two attached hydrogens (primary N) is 1. The third-order valence-electron chi connectivity index (χ3n) is 3.10. The van der Waals surface area contributed by atoms with E-state index in [2.05, 4.69) is 0 Å². The van der Waals surface area contributed by atoms with E-state index in [-0.39, 0.29) is 11.6 Å². The number of hydrogen-bond donors (Lipinski definition) is 2. The monoisotopic (exact) mass is 288 g/mol. The summed E-state index contributed by atoms with van der Waals surface area (Å²) in [5.74, 6) is -1.23. The number of carbonyl (C=O) groups excluding carboxylic acids is 2. The maximum Gasteiger partial charge on any atom is 0.356 e. The highest BCUT2D eigenvalue weighted by molar-refractivity contribution is 5.96. The van der Waals surface area contributed by atoms with Gasteiger partial charge in [-0.15, -0.1) is 4.73 Å². The lowest BCUT2D eigenvalue weighted by Crippen LogP contribution is -2.23. The van der Waals surface area contributed by atoms with Crippen molar-refractivity contribution in [1.82, 2.24) is 4.73 Å². The molecule has 3 N–H and O–H groups in total. The standard InChI is InChI=1S/C14H12N2O5/c15-6-5-9-10-7-8(17)1-2-11(10)16-14(9)20-12(18)3-4-13(19)21-16/h1-4,7,17H,5-6,15H2/b4-3-. The van der Waals surface area contributed by atoms with Crippen molar-refractivity contribution in [2.75, 3.05) is 6.54 Å². The van der Waals surface area contributed by atoms with Gasteiger partial charge < -0.3 is 20.4 Å². The molecule has 0 aliphatic carbocycles. The summed E-state index contributed by atoms with van der Waals surface area (Å²) in [5.41, 5.74) is 6.68. The molecule has 3 rings (SSSR count). The van der Waals surface area contributed by atoms with E-state index in [9.17, 15) is 14.7 Å². The zero-order chi connectivity index (χ0) is 15.0. The average molecular weight is 288 g/mol. The first-order chi connectivity index (χ1) is 10.1. The van der Waals surface area contributed by atoms with E-state index in [0.717, 1.165) is 16.9 Å². The summed E-state index contributed by atoms with van der Waals surface area (Å²) in [6, 6.07) is 4.53. The van der Waals surface area contributed by atoms with Gasteiger partial charge in [0.15, 0.2) is 0 Å². The van der Waals surface area contributed by atoms with E-state index in [1.807, 2.05) is 0 Å². The van der Waals surface area contributed by atoms with Crippen LogP contribution in [0.25, 0.3) is 10.9 Å². The van der Waals surface area contributed by atoms with Crippen LogP contribution in [0.2, 0.25) is 0 Å². The van der Waals surface area contributed by atoms with Crippen molar-refractivity contribution in [2.24, 2.45) is 5.73 Å². The van der Waals surface area contributed by atoms with Crippen LogP contribution in [-0.2, 0) is 16.0 Å². The van der Waals surface area contributed by atoms with Gasteiger partial charge in [-0.05, 0) is 31.2 Å². The number of phenols is 1. The maximum absolute atomic E-state index is 11.6. The van der Waals surface area contributed by atoms with Crippen molar-refractivity contribution in [3.05, 3.63) is 35.9 Å². The van der Waals surface area contributed by atoms with E-state index in [1.165, 1.54) is 12.1 Å². The Kier molecular flexibility index (Phi) is 3.11. The van der Waals surface area contributed by atoms with Crippen molar-refractivity contribution in [1.29, 1.82) is 0 Å². The third-order valence-corrected chi connectivity index (χ3v) is 3.10. The molecular weight excluding hydrogens is 276 g/mol. The molecule has 0 radical (unpaired) electrons. The normalized spacial score (nSPS) is 15.9. The van der Waals surface area contributed by atoms with E-state index in [1.54, 1.807) is 6.07 Å². The van der Waals surface area contributed by atoms with Gasteiger partial charge in [0.25, 0.3) is 0 Å². The number of fused-ring (bicyclic) bond motifs is 3. The summed E-state index contributed by atoms with van der Waals surface area (Å²) in [6.07, 6.45) is 2.38. The average Bonchev–Trinajstić information content (AvgIpc) is 2.69. The van der Waals surface area contributed by atoms with Gasteiger partial charge in [0.2, 0.25) is 5.88 Å². The molecule has 1 aromatic heterocycles. The maximum atomic E-state index is 11.6. The second-order valence-electron chi connectivity index (χ2n) is 4.48. The summed E-state index contributed by atoms with van der Waals surface area (Å²) >= 11 is 0. The second kappa shape index (κ2) is 4.95. The molecule has 108 valence electrons. The molecule has 0 atom stereocenters. The quantitative estimate of drug-likeness (QED) is 0.769. The molecule has 1 aliphatic rings. The minimum atomic E-state index is -0.697. The summed E-state index contributed by atoms with van der Waals surface area (Å²) in [6.45, 7) is 0.309. The Bertz CT molecular complexity index is 775. The molecule has 0 fully saturated rings. The number of rotatable bonds is 2. The number of aromatic nitrogens is 1. The van der Waals surface area contributed by atoms with Crippen LogP contribution in [0.4, 0.5) is 0 Å². The topological polar surface area (TPSA) is 104 Å². The fourth-order valence-electron chi connectivity index (χ4n) is 2.26. The van der Waals surface area contributed by atoms with Gasteiger partial charge in [0, 0.05) is 23.1 Å². The first kappa shape index (κ1) is 13.2. The molecule has 0 amide bonds. The van der Waals surface area contributed by atoms with Gasteiger partial charge in [0.1, 0.15) is 5.75 Å². The minimum Gasteiger partial charge on any atom is -0.508 e. The molecule has 0 unspecified atom stereocenters. The molecule has 1 aromatic carbocycles. The van der Waals surface area contributed by atoms with Crippen LogP contribution in [0.3, 0.4) is 0 Å². The van der Waals surface area contributed by atoms with E-state index < -0.39 is 11.9 Å². The van der Waals surface area contributed by atoms with Crippen molar-refractivity contribution in [2.45, 2.75) is 6.42 Å². The molecule has 2 heterocycles. The lowest BCUT2D eigenvalue weighted by atomic mass is 10.1. The molecule has 7 nitrogen and oxygen atoms in total. The van der Waals surface area contributed by atoms with Gasteiger partial charge in [-0.25, -0.2) is 9.59 Å². The SMILES string of the molecule is NCCc1c2n(c3ccc(O)cc13)OC(=O)/C=C\C(=O)O2. The Labute approximate surface area is 119 Å². The van der Waals surface area contributed by atoms with Crippen LogP contribution in [-0.4, -0.2) is 28.3 Å². The highest BCUT2D eigenvalue weighted by Crippen LogP contribution is 2.34. The number of esters is 1. The Morgan fingerprint density at radius 2 is 1.95 bits per heavy atom. The molecular formula is C14H12N2O5. The zero-order valence-electron chi connectivity index (χ0n) is 10.9. The lowest BCUT2D eigenvalue weighted by molar-refractivity contribution is -0.142. The Morgan fingerprint density at radius 1 is 1.19 bits per heavy atom. The summed E-state index contributed by atoms with van der Waals surface area (Å²) in [4.78, 5) is 28.4. The number of ether oxygens (including phenoxy) is 1. The fourth-order valence-corrected chi connectivity index (χ4v) is 2.26. The largest absolute Gasteiger partial charge is 0.508 e. The molecule has 0 saturated carbocycles. The summed E-state index contributed by atoms with van der Waals surface area (Å²) in [7, 11) is 0. The zero-order valence-corrected chi connectivity index (χ0v) is 10.9. The molecule has 0 spiro atoms. The van der Waals surface area contributed by atoms with Gasteiger partial charge in [-0.3, -0.25) is 0 Å². The smallest absolute Gasteiger partial charge is 0.356 e. The number of phenolic OH excluding ortho intramolecular Hbond substituents is 1. The number of nitrogens with zero attached hydrogens (tertiary/aromatic N) is 1. The Balaban J connectivity index is 2.30. The van der Waals surface area contributed by atoms with Gasteiger partial charge >= 0.3 is 11.9 Å². The van der Waals surface area contributed by atoms with Crippen LogP contribution in [0.1, 0.15) is 5.56 Å². The second-order valence-corrected chi connectivity index (χ2v) is 4.48. The van der Waals surface area contributed by atoms with Crippen LogP contribution >= 0.6 is 0 Å². The highest BCUT2D eigenvalue weighted by atomic mass is 16.7. The number of benzene rings is 1. The van der Waals surface area contributed by atoms with Gasteiger partial charge in [-0.1, -0.05) is 0 Å². The highest BCUT2D eigenvalue weighted by Gasteiger charge is 2.24. The molecule has 21 heavy (non-hydrogen) atoms. The predicted octanol–water partition coefficient (Wildman–Crippen LogP) is 0.278. The Morgan fingerprint density at radius 3 is 2.71 bits per heavy atom. The molecule has 0 saturated heterocycles. The van der Waals surface area contributed by atoms with Crippen LogP contribution in [0.15, 0.2) is 30.4 Å². The number of aromatic hydroxyl groups is 1. The van der Waals surface area contributed by atoms with Crippen molar-refractivity contribution in [3.63, 3.8) is 0 Å². The van der Waals surface area contributed by atoms with Crippen LogP contribution in [0.5, 0.6) is 11.6 Å². The number of carbonyl (C=O) groups is 2. The first-order valence-electron chi connectivity index (χ1n) is 6.28. The third kappa shape index (κ3) is 2.23. The van der Waals surface area contributed by atoms with Crippen LogP contribution < -0.4 is 15.3 Å². The summed E-state index contributed by atoms with van der Waals surface area (Å²) in [5, 5.41) is 10.2. The molecule has 1 aliphatic heterocycles. The Hall–Kier alpha value is -2.80. The molecule has 7 heteroatoms. The van der Waals surface area contributed by atoms with Gasteiger partial charge in [-0.2, -0.15) is 0 Å². The van der Waals surface area contributed by atoms with E-state index in [4.69, 9.17) is 15.3 Å². The lowest BCUT2D eigenvalue weighted by Gasteiger charge is -2.11. The molecule has 0 bridgehead atoms. The number of hydrogen-bond acceptors (Lipinski definition) is 6. The predicted molar refractivity (Wildman–Crippen MR) is 72.7 cm³/mol. The van der Waals surface area contributed by atoms with Crippen molar-refractivity contribution in [3.8, 4) is 11.6 Å². The van der Waals surface area contributed by atoms with Crippen molar-refractivity contribution >= 4 is 22.8 Å². The van der Waals surface area contributed by atoms with Gasteiger partial charge in [0.05, 0.1) is 5.52 Å². The first-order valence-corrected chi connectivity index (χ1v) is 6.28. The van der Waals surface area contributed by atoms with Crippen molar-refractivity contribution < 1.29 is 24.3 Å². The van der Waals surface area contributed by atoms with Crippen LogP contribution in [0, 0.1) is 0 Å². The molecule has 2 aromatic rings.